The Bertz CT molecular complexity index is 639. The molecule has 0 N–H and O–H groups in total. The first-order valence-electron chi connectivity index (χ1n) is 8.46. The molecule has 0 radical (unpaired) electrons. The van der Waals surface area contributed by atoms with Crippen molar-refractivity contribution in [2.45, 2.75) is 45.8 Å². The molecular weight excluding hydrogens is 288 g/mol. The summed E-state index contributed by atoms with van der Waals surface area (Å²) in [6, 6.07) is 9.23. The van der Waals surface area contributed by atoms with E-state index in [0.29, 0.717) is 11.9 Å². The van der Waals surface area contributed by atoms with Gasteiger partial charge in [-0.15, -0.1) is 0 Å². The van der Waals surface area contributed by atoms with Crippen LogP contribution in [-0.2, 0) is 25.9 Å². The molecule has 5 heteroatoms. The van der Waals surface area contributed by atoms with Crippen molar-refractivity contribution in [3.8, 4) is 0 Å². The molecule has 0 bridgehead atoms. The van der Waals surface area contributed by atoms with Crippen molar-refractivity contribution in [1.82, 2.24) is 19.9 Å². The number of benzene rings is 1. The lowest BCUT2D eigenvalue weighted by atomic mass is 9.99. The van der Waals surface area contributed by atoms with Crippen molar-refractivity contribution in [3.05, 3.63) is 47.1 Å². The second kappa shape index (κ2) is 7.23. The first-order valence-corrected chi connectivity index (χ1v) is 8.46. The quantitative estimate of drug-likeness (QED) is 0.820. The van der Waals surface area contributed by atoms with Gasteiger partial charge >= 0.3 is 0 Å². The van der Waals surface area contributed by atoms with E-state index in [9.17, 15) is 0 Å². The van der Waals surface area contributed by atoms with Crippen LogP contribution in [-0.4, -0.2) is 46.1 Å². The van der Waals surface area contributed by atoms with Gasteiger partial charge in [0.15, 0.2) is 5.82 Å². The molecule has 1 aliphatic heterocycles. The molecule has 0 aliphatic carbocycles. The summed E-state index contributed by atoms with van der Waals surface area (Å²) in [7, 11) is 2.13. The predicted octanol–water partition coefficient (Wildman–Crippen LogP) is 2.51. The van der Waals surface area contributed by atoms with Gasteiger partial charge in [0.25, 0.3) is 0 Å². The molecule has 0 amide bonds. The van der Waals surface area contributed by atoms with E-state index in [0.717, 1.165) is 44.8 Å². The van der Waals surface area contributed by atoms with Crippen LogP contribution in [0.5, 0.6) is 0 Å². The van der Waals surface area contributed by atoms with Gasteiger partial charge in [-0.05, 0) is 31.5 Å². The van der Waals surface area contributed by atoms with Crippen LogP contribution < -0.4 is 0 Å². The van der Waals surface area contributed by atoms with Gasteiger partial charge in [0.1, 0.15) is 0 Å². The molecule has 2 aromatic rings. The fourth-order valence-electron chi connectivity index (χ4n) is 3.10. The molecule has 1 unspecified atom stereocenters. The highest BCUT2D eigenvalue weighted by Gasteiger charge is 2.20. The fourth-order valence-corrected chi connectivity index (χ4v) is 3.10. The Morgan fingerprint density at radius 2 is 2.09 bits per heavy atom. The van der Waals surface area contributed by atoms with E-state index < -0.39 is 0 Å². The molecule has 5 nitrogen and oxygen atoms in total. The Balaban J connectivity index is 1.53. The number of hydrogen-bond acceptors (Lipinski definition) is 5. The van der Waals surface area contributed by atoms with Crippen LogP contribution in [0.4, 0.5) is 0 Å². The Morgan fingerprint density at radius 1 is 1.30 bits per heavy atom. The average Bonchev–Trinajstić information content (AvgIpc) is 3.02. The van der Waals surface area contributed by atoms with E-state index >= 15 is 0 Å². The van der Waals surface area contributed by atoms with E-state index in [1.165, 1.54) is 11.1 Å². The zero-order valence-electron chi connectivity index (χ0n) is 14.3. The zero-order chi connectivity index (χ0) is 16.2. The molecule has 0 saturated carbocycles. The second-order valence-corrected chi connectivity index (χ2v) is 6.48. The maximum Gasteiger partial charge on any atom is 0.226 e. The standard InChI is InChI=1S/C18H26N4O/c1-4-18-19-17(20-23-18)13-21(3)14(2)11-22-10-9-15-7-5-6-8-16(15)12-22/h5-8,14H,4,9-13H2,1-3H3. The van der Waals surface area contributed by atoms with Crippen LogP contribution in [0, 0.1) is 0 Å². The normalized spacial score (nSPS) is 16.5. The lowest BCUT2D eigenvalue weighted by molar-refractivity contribution is 0.154. The number of rotatable bonds is 6. The Morgan fingerprint density at radius 3 is 2.83 bits per heavy atom. The molecule has 0 saturated heterocycles. The van der Waals surface area contributed by atoms with E-state index in [2.05, 4.69) is 58.2 Å². The van der Waals surface area contributed by atoms with Crippen molar-refractivity contribution in [1.29, 1.82) is 0 Å². The highest BCUT2D eigenvalue weighted by Crippen LogP contribution is 2.19. The number of aromatic nitrogens is 2. The molecule has 1 aliphatic rings. The molecule has 23 heavy (non-hydrogen) atoms. The van der Waals surface area contributed by atoms with E-state index in [1.807, 2.05) is 6.92 Å². The SMILES string of the molecule is CCc1nc(CN(C)C(C)CN2CCc3ccccc3C2)no1. The zero-order valence-corrected chi connectivity index (χ0v) is 14.3. The largest absolute Gasteiger partial charge is 0.339 e. The van der Waals surface area contributed by atoms with Gasteiger partial charge in [0.05, 0.1) is 6.54 Å². The predicted molar refractivity (Wildman–Crippen MR) is 90.0 cm³/mol. The number of nitrogens with zero attached hydrogens (tertiary/aromatic N) is 4. The molecule has 2 heterocycles. The number of likely N-dealkylation sites (N-methyl/N-ethyl adjacent to an activating group) is 1. The van der Waals surface area contributed by atoms with Crippen molar-refractivity contribution in [2.24, 2.45) is 0 Å². The summed E-state index contributed by atoms with van der Waals surface area (Å²) < 4.78 is 5.19. The van der Waals surface area contributed by atoms with Gasteiger partial charge in [-0.1, -0.05) is 36.3 Å². The number of aryl methyl sites for hydroxylation is 1. The molecule has 0 spiro atoms. The maximum atomic E-state index is 5.19. The average molecular weight is 314 g/mol. The summed E-state index contributed by atoms with van der Waals surface area (Å²) in [6.45, 7) is 8.27. The first-order chi connectivity index (χ1) is 11.2. The minimum atomic E-state index is 0.448. The highest BCUT2D eigenvalue weighted by atomic mass is 16.5. The summed E-state index contributed by atoms with van der Waals surface area (Å²) in [6.07, 6.45) is 1.94. The minimum absolute atomic E-state index is 0.448. The third-order valence-corrected chi connectivity index (χ3v) is 4.69. The Labute approximate surface area is 138 Å². The molecule has 1 aromatic heterocycles. The van der Waals surface area contributed by atoms with Crippen molar-refractivity contribution < 1.29 is 4.52 Å². The van der Waals surface area contributed by atoms with E-state index in [1.54, 1.807) is 0 Å². The monoisotopic (exact) mass is 314 g/mol. The van der Waals surface area contributed by atoms with E-state index in [-0.39, 0.29) is 0 Å². The molecular formula is C18H26N4O. The van der Waals surface area contributed by atoms with Crippen LogP contribution in [0.25, 0.3) is 0 Å². The molecule has 1 atom stereocenters. The number of fused-ring (bicyclic) bond motifs is 1. The third-order valence-electron chi connectivity index (χ3n) is 4.69. The van der Waals surface area contributed by atoms with Crippen LogP contribution in [0.1, 0.15) is 36.7 Å². The summed E-state index contributed by atoms with van der Waals surface area (Å²) in [5.74, 6) is 1.49. The van der Waals surface area contributed by atoms with Gasteiger partial charge in [-0.3, -0.25) is 9.80 Å². The first kappa shape index (κ1) is 16.1. The highest BCUT2D eigenvalue weighted by molar-refractivity contribution is 5.29. The lowest BCUT2D eigenvalue weighted by Crippen LogP contribution is -2.42. The minimum Gasteiger partial charge on any atom is -0.339 e. The van der Waals surface area contributed by atoms with Gasteiger partial charge in [-0.25, -0.2) is 0 Å². The van der Waals surface area contributed by atoms with Crippen LogP contribution in [0.15, 0.2) is 28.8 Å². The topological polar surface area (TPSA) is 45.4 Å². The van der Waals surface area contributed by atoms with Gasteiger partial charge in [0.2, 0.25) is 5.89 Å². The molecule has 124 valence electrons. The molecule has 3 rings (SSSR count). The van der Waals surface area contributed by atoms with Crippen LogP contribution >= 0.6 is 0 Å². The van der Waals surface area contributed by atoms with Crippen LogP contribution in [0.3, 0.4) is 0 Å². The summed E-state index contributed by atoms with van der Waals surface area (Å²) >= 11 is 0. The molecule has 1 aromatic carbocycles. The van der Waals surface area contributed by atoms with Gasteiger partial charge in [0, 0.05) is 32.1 Å². The Kier molecular flexibility index (Phi) is 5.08. The van der Waals surface area contributed by atoms with Gasteiger partial charge in [-0.2, -0.15) is 4.98 Å². The van der Waals surface area contributed by atoms with Crippen molar-refractivity contribution in [3.63, 3.8) is 0 Å². The summed E-state index contributed by atoms with van der Waals surface area (Å²) in [4.78, 5) is 9.23. The fraction of sp³-hybridized carbons (Fsp3) is 0.556. The second-order valence-electron chi connectivity index (χ2n) is 6.48. The maximum absolute atomic E-state index is 5.19. The smallest absolute Gasteiger partial charge is 0.226 e. The summed E-state index contributed by atoms with van der Waals surface area (Å²) in [5.41, 5.74) is 2.98. The van der Waals surface area contributed by atoms with Gasteiger partial charge < -0.3 is 4.52 Å². The third kappa shape index (κ3) is 3.98. The van der Waals surface area contributed by atoms with E-state index in [4.69, 9.17) is 4.52 Å². The van der Waals surface area contributed by atoms with Crippen molar-refractivity contribution in [2.75, 3.05) is 20.1 Å². The Hall–Kier alpha value is -1.72. The number of hydrogen-bond donors (Lipinski definition) is 0. The lowest BCUT2D eigenvalue weighted by Gasteiger charge is -2.33. The van der Waals surface area contributed by atoms with Crippen LogP contribution in [0.2, 0.25) is 0 Å². The summed E-state index contributed by atoms with van der Waals surface area (Å²) in [5, 5.41) is 4.04. The van der Waals surface area contributed by atoms with Crippen molar-refractivity contribution >= 4 is 0 Å². The molecule has 0 fully saturated rings.